The molecule has 0 aromatic heterocycles. The van der Waals surface area contributed by atoms with E-state index in [1.54, 1.807) is 0 Å². The van der Waals surface area contributed by atoms with E-state index in [0.29, 0.717) is 12.1 Å². The van der Waals surface area contributed by atoms with Crippen LogP contribution < -0.4 is 5.32 Å². The van der Waals surface area contributed by atoms with Crippen LogP contribution in [0, 0.1) is 5.92 Å². The second-order valence-electron chi connectivity index (χ2n) is 6.52. The van der Waals surface area contributed by atoms with Gasteiger partial charge in [0.25, 0.3) is 0 Å². The van der Waals surface area contributed by atoms with Crippen LogP contribution >= 0.6 is 0 Å². The molecule has 106 valence electrons. The number of ether oxygens (including phenoxy) is 2. The average molecular weight is 255 g/mol. The largest absolute Gasteiger partial charge is 0.379 e. The van der Waals surface area contributed by atoms with E-state index in [9.17, 15) is 0 Å². The maximum Gasteiger partial charge on any atom is 0.0838 e. The van der Waals surface area contributed by atoms with Gasteiger partial charge in [-0.1, -0.05) is 33.6 Å². The fraction of sp³-hybridized carbons (Fsp3) is 1.00. The highest BCUT2D eigenvalue weighted by atomic mass is 16.6. The molecule has 1 N–H and O–H groups in total. The van der Waals surface area contributed by atoms with Crippen molar-refractivity contribution in [2.45, 2.75) is 70.6 Å². The molecular formula is C15H29NO2. The highest BCUT2D eigenvalue weighted by molar-refractivity contribution is 4.91. The average Bonchev–Trinajstić information content (AvgIpc) is 2.79. The van der Waals surface area contributed by atoms with Crippen molar-refractivity contribution in [1.82, 2.24) is 5.32 Å². The lowest BCUT2D eigenvalue weighted by atomic mass is 9.78. The van der Waals surface area contributed by atoms with Crippen molar-refractivity contribution in [3.8, 4) is 0 Å². The molecule has 0 spiro atoms. The maximum absolute atomic E-state index is 6.47. The van der Waals surface area contributed by atoms with Gasteiger partial charge in [0.15, 0.2) is 0 Å². The van der Waals surface area contributed by atoms with Crippen molar-refractivity contribution < 1.29 is 9.47 Å². The topological polar surface area (TPSA) is 30.5 Å². The Balaban J connectivity index is 1.95. The van der Waals surface area contributed by atoms with Gasteiger partial charge >= 0.3 is 0 Å². The molecule has 0 aromatic rings. The van der Waals surface area contributed by atoms with Gasteiger partial charge in [-0.15, -0.1) is 0 Å². The lowest BCUT2D eigenvalue weighted by Crippen LogP contribution is -2.50. The molecule has 0 aromatic carbocycles. The van der Waals surface area contributed by atoms with Crippen molar-refractivity contribution in [3.05, 3.63) is 0 Å². The third kappa shape index (κ3) is 3.94. The van der Waals surface area contributed by atoms with E-state index in [4.69, 9.17) is 9.47 Å². The molecule has 2 fully saturated rings. The van der Waals surface area contributed by atoms with Crippen LogP contribution in [0.2, 0.25) is 0 Å². The van der Waals surface area contributed by atoms with Crippen molar-refractivity contribution in [2.75, 3.05) is 19.8 Å². The molecule has 3 unspecified atom stereocenters. The summed E-state index contributed by atoms with van der Waals surface area (Å²) >= 11 is 0. The molecule has 1 heterocycles. The Labute approximate surface area is 112 Å². The van der Waals surface area contributed by atoms with Gasteiger partial charge in [-0.05, 0) is 25.2 Å². The number of rotatable bonds is 5. The van der Waals surface area contributed by atoms with Gasteiger partial charge in [-0.3, -0.25) is 0 Å². The lowest BCUT2D eigenvalue weighted by Gasteiger charge is -2.42. The van der Waals surface area contributed by atoms with Crippen molar-refractivity contribution in [2.24, 2.45) is 5.92 Å². The second kappa shape index (κ2) is 6.36. The first-order valence-electron chi connectivity index (χ1n) is 7.59. The Morgan fingerprint density at radius 3 is 2.83 bits per heavy atom. The minimum Gasteiger partial charge on any atom is -0.379 e. The molecule has 1 saturated heterocycles. The van der Waals surface area contributed by atoms with E-state index in [0.717, 1.165) is 32.1 Å². The molecule has 0 amide bonds. The van der Waals surface area contributed by atoms with Gasteiger partial charge in [0.1, 0.15) is 0 Å². The monoisotopic (exact) mass is 255 g/mol. The first-order chi connectivity index (χ1) is 8.60. The van der Waals surface area contributed by atoms with Gasteiger partial charge in [-0.2, -0.15) is 0 Å². The first-order valence-corrected chi connectivity index (χ1v) is 7.59. The standard InChI is InChI=1S/C15H29NO2/c1-12(2)16-11-15(7-4-5-13(3)9-15)18-14-6-8-17-10-14/h12-14,16H,4-11H2,1-3H3. The Morgan fingerprint density at radius 2 is 2.22 bits per heavy atom. The molecule has 0 radical (unpaired) electrons. The van der Waals surface area contributed by atoms with E-state index >= 15 is 0 Å². The summed E-state index contributed by atoms with van der Waals surface area (Å²) in [6.07, 6.45) is 6.45. The molecule has 1 saturated carbocycles. The molecule has 18 heavy (non-hydrogen) atoms. The predicted molar refractivity (Wildman–Crippen MR) is 73.8 cm³/mol. The van der Waals surface area contributed by atoms with E-state index in [-0.39, 0.29) is 5.60 Å². The van der Waals surface area contributed by atoms with E-state index < -0.39 is 0 Å². The van der Waals surface area contributed by atoms with Crippen LogP contribution in [0.3, 0.4) is 0 Å². The molecular weight excluding hydrogens is 226 g/mol. The summed E-state index contributed by atoms with van der Waals surface area (Å²) in [5.74, 6) is 0.787. The fourth-order valence-corrected chi connectivity index (χ4v) is 3.27. The second-order valence-corrected chi connectivity index (χ2v) is 6.52. The summed E-state index contributed by atoms with van der Waals surface area (Å²) in [6, 6.07) is 0.530. The molecule has 3 atom stereocenters. The summed E-state index contributed by atoms with van der Waals surface area (Å²) in [5, 5.41) is 3.58. The van der Waals surface area contributed by atoms with Crippen molar-refractivity contribution >= 4 is 0 Å². The van der Waals surface area contributed by atoms with Crippen molar-refractivity contribution in [1.29, 1.82) is 0 Å². The maximum atomic E-state index is 6.47. The molecule has 1 aliphatic carbocycles. The van der Waals surface area contributed by atoms with Crippen LogP contribution in [0.5, 0.6) is 0 Å². The molecule has 3 heteroatoms. The van der Waals surface area contributed by atoms with Crippen LogP contribution in [0.25, 0.3) is 0 Å². The van der Waals surface area contributed by atoms with Gasteiger partial charge in [0.05, 0.1) is 18.3 Å². The predicted octanol–water partition coefficient (Wildman–Crippen LogP) is 2.74. The summed E-state index contributed by atoms with van der Waals surface area (Å²) in [4.78, 5) is 0. The Kier molecular flexibility index (Phi) is 5.05. The molecule has 0 bridgehead atoms. The Morgan fingerprint density at radius 1 is 1.39 bits per heavy atom. The van der Waals surface area contributed by atoms with E-state index in [1.165, 1.54) is 25.7 Å². The third-order valence-corrected chi connectivity index (χ3v) is 4.19. The van der Waals surface area contributed by atoms with E-state index in [2.05, 4.69) is 26.1 Å². The minimum atomic E-state index is 0.0559. The fourth-order valence-electron chi connectivity index (χ4n) is 3.27. The van der Waals surface area contributed by atoms with Gasteiger partial charge in [0, 0.05) is 19.2 Å². The molecule has 1 aliphatic heterocycles. The lowest BCUT2D eigenvalue weighted by molar-refractivity contribution is -0.120. The van der Waals surface area contributed by atoms with Crippen LogP contribution in [0.1, 0.15) is 52.9 Å². The molecule has 3 nitrogen and oxygen atoms in total. The van der Waals surface area contributed by atoms with Gasteiger partial charge in [-0.25, -0.2) is 0 Å². The summed E-state index contributed by atoms with van der Waals surface area (Å²) in [7, 11) is 0. The quantitative estimate of drug-likeness (QED) is 0.819. The van der Waals surface area contributed by atoms with Gasteiger partial charge in [0.2, 0.25) is 0 Å². The van der Waals surface area contributed by atoms with Crippen LogP contribution in [0.4, 0.5) is 0 Å². The zero-order valence-electron chi connectivity index (χ0n) is 12.2. The summed E-state index contributed by atoms with van der Waals surface area (Å²) in [5.41, 5.74) is 0.0559. The molecule has 2 aliphatic rings. The van der Waals surface area contributed by atoms with Crippen LogP contribution in [-0.2, 0) is 9.47 Å². The zero-order valence-corrected chi connectivity index (χ0v) is 12.2. The Hall–Kier alpha value is -0.120. The SMILES string of the molecule is CC1CCCC(CNC(C)C)(OC2CCOC2)C1. The highest BCUT2D eigenvalue weighted by Crippen LogP contribution is 2.36. The van der Waals surface area contributed by atoms with Crippen LogP contribution in [-0.4, -0.2) is 37.5 Å². The third-order valence-electron chi connectivity index (χ3n) is 4.19. The normalized spacial score (nSPS) is 37.3. The number of nitrogens with one attached hydrogen (secondary N) is 1. The molecule has 2 rings (SSSR count). The zero-order chi connectivity index (χ0) is 13.0. The number of hydrogen-bond donors (Lipinski definition) is 1. The van der Waals surface area contributed by atoms with Crippen molar-refractivity contribution in [3.63, 3.8) is 0 Å². The number of hydrogen-bond acceptors (Lipinski definition) is 3. The first kappa shape index (κ1) is 14.3. The smallest absolute Gasteiger partial charge is 0.0838 e. The van der Waals surface area contributed by atoms with Crippen LogP contribution in [0.15, 0.2) is 0 Å². The van der Waals surface area contributed by atoms with E-state index in [1.807, 2.05) is 0 Å². The highest BCUT2D eigenvalue weighted by Gasteiger charge is 2.38. The summed E-state index contributed by atoms with van der Waals surface area (Å²) < 4.78 is 11.9. The van der Waals surface area contributed by atoms with Gasteiger partial charge < -0.3 is 14.8 Å². The minimum absolute atomic E-state index is 0.0559. The Bertz CT molecular complexity index is 251. The summed E-state index contributed by atoms with van der Waals surface area (Å²) in [6.45, 7) is 9.42.